The van der Waals surface area contributed by atoms with Crippen molar-refractivity contribution in [3.05, 3.63) is 83.8 Å². The molecule has 3 aromatic rings. The van der Waals surface area contributed by atoms with E-state index >= 15 is 0 Å². The highest BCUT2D eigenvalue weighted by Gasteiger charge is 2.20. The van der Waals surface area contributed by atoms with Crippen LogP contribution in [-0.4, -0.2) is 37.1 Å². The van der Waals surface area contributed by atoms with Crippen LogP contribution >= 0.6 is 0 Å². The molecular formula is C22H19F3N4O. The summed E-state index contributed by atoms with van der Waals surface area (Å²) >= 11 is 0. The van der Waals surface area contributed by atoms with E-state index in [0.29, 0.717) is 11.8 Å². The lowest BCUT2D eigenvalue weighted by Gasteiger charge is -2.36. The highest BCUT2D eigenvalue weighted by Crippen LogP contribution is 2.21. The molecule has 1 N–H and O–H groups in total. The molecule has 1 saturated heterocycles. The third-order valence-electron chi connectivity index (χ3n) is 5.01. The molecule has 2 heterocycles. The number of hydrogen-bond acceptors (Lipinski definition) is 4. The van der Waals surface area contributed by atoms with E-state index in [1.807, 2.05) is 18.2 Å². The van der Waals surface area contributed by atoms with E-state index in [1.54, 1.807) is 12.1 Å². The minimum absolute atomic E-state index is 0.329. The van der Waals surface area contributed by atoms with Crippen LogP contribution in [0.25, 0.3) is 0 Å². The molecule has 0 aliphatic carbocycles. The van der Waals surface area contributed by atoms with E-state index in [4.69, 9.17) is 0 Å². The van der Waals surface area contributed by atoms with Gasteiger partial charge in [-0.1, -0.05) is 18.2 Å². The number of nitrogens with one attached hydrogen (secondary N) is 1. The van der Waals surface area contributed by atoms with Gasteiger partial charge in [0.1, 0.15) is 5.82 Å². The van der Waals surface area contributed by atoms with Crippen molar-refractivity contribution in [2.75, 3.05) is 41.3 Å². The summed E-state index contributed by atoms with van der Waals surface area (Å²) < 4.78 is 40.1. The van der Waals surface area contributed by atoms with Crippen molar-refractivity contribution in [1.29, 1.82) is 0 Å². The second kappa shape index (κ2) is 8.44. The maximum absolute atomic E-state index is 13.8. The highest BCUT2D eigenvalue weighted by molar-refractivity contribution is 6.04. The highest BCUT2D eigenvalue weighted by atomic mass is 19.2. The zero-order chi connectivity index (χ0) is 21.1. The summed E-state index contributed by atoms with van der Waals surface area (Å²) in [5.74, 6) is -4.65. The third kappa shape index (κ3) is 4.07. The van der Waals surface area contributed by atoms with E-state index in [0.717, 1.165) is 38.1 Å². The molecule has 0 atom stereocenters. The molecular weight excluding hydrogens is 393 g/mol. The summed E-state index contributed by atoms with van der Waals surface area (Å²) in [5.41, 5.74) is 0.943. The van der Waals surface area contributed by atoms with Crippen molar-refractivity contribution in [3.63, 3.8) is 0 Å². The average Bonchev–Trinajstić information content (AvgIpc) is 2.79. The number of aromatic nitrogens is 1. The Balaban J connectivity index is 1.38. The van der Waals surface area contributed by atoms with Crippen LogP contribution < -0.4 is 15.1 Å². The van der Waals surface area contributed by atoms with Gasteiger partial charge in [0, 0.05) is 31.9 Å². The normalized spacial score (nSPS) is 14.0. The number of anilines is 3. The number of hydrogen-bond donors (Lipinski definition) is 1. The van der Waals surface area contributed by atoms with Gasteiger partial charge in [-0.2, -0.15) is 0 Å². The van der Waals surface area contributed by atoms with Gasteiger partial charge in [-0.05, 0) is 36.4 Å². The predicted molar refractivity (Wildman–Crippen MR) is 109 cm³/mol. The number of para-hydroxylation sites is 1. The summed E-state index contributed by atoms with van der Waals surface area (Å²) in [6, 6.07) is 15.2. The number of rotatable bonds is 4. The summed E-state index contributed by atoms with van der Waals surface area (Å²) in [5, 5.41) is 2.45. The number of halogens is 3. The smallest absolute Gasteiger partial charge is 0.258 e. The SMILES string of the molecule is O=C(Nc1ccc(N2CCN(c3ccccc3)CC2)nc1)c1ccc(F)c(F)c1F. The van der Waals surface area contributed by atoms with Crippen molar-refractivity contribution in [2.45, 2.75) is 0 Å². The summed E-state index contributed by atoms with van der Waals surface area (Å²) in [7, 11) is 0. The quantitative estimate of drug-likeness (QED) is 0.656. The third-order valence-corrected chi connectivity index (χ3v) is 5.01. The fourth-order valence-corrected chi connectivity index (χ4v) is 3.38. The minimum Gasteiger partial charge on any atom is -0.368 e. The van der Waals surface area contributed by atoms with Gasteiger partial charge in [0.15, 0.2) is 17.5 Å². The molecule has 0 radical (unpaired) electrons. The van der Waals surface area contributed by atoms with Gasteiger partial charge in [0.2, 0.25) is 0 Å². The van der Waals surface area contributed by atoms with Gasteiger partial charge in [0.25, 0.3) is 5.91 Å². The fraction of sp³-hybridized carbons (Fsp3) is 0.182. The van der Waals surface area contributed by atoms with Crippen LogP contribution in [0.2, 0.25) is 0 Å². The fourth-order valence-electron chi connectivity index (χ4n) is 3.38. The molecule has 1 aliphatic rings. The van der Waals surface area contributed by atoms with Crippen LogP contribution in [0.1, 0.15) is 10.4 Å². The van der Waals surface area contributed by atoms with Crippen molar-refractivity contribution in [2.24, 2.45) is 0 Å². The molecule has 0 unspecified atom stereocenters. The second-order valence-corrected chi connectivity index (χ2v) is 6.89. The molecule has 154 valence electrons. The minimum atomic E-state index is -1.68. The molecule has 0 bridgehead atoms. The van der Waals surface area contributed by atoms with E-state index in [-0.39, 0.29) is 0 Å². The molecule has 0 spiro atoms. The lowest BCUT2D eigenvalue weighted by Crippen LogP contribution is -2.46. The molecule has 1 amide bonds. The first-order chi connectivity index (χ1) is 14.5. The lowest BCUT2D eigenvalue weighted by molar-refractivity contribution is 0.102. The Morgan fingerprint density at radius 2 is 1.53 bits per heavy atom. The Bertz CT molecular complexity index is 1040. The standard InChI is InChI=1S/C22H19F3N4O/c23-18-8-7-17(20(24)21(18)25)22(30)27-15-6-9-19(26-14-15)29-12-10-28(11-13-29)16-4-2-1-3-5-16/h1-9,14H,10-13H2,(H,27,30). The molecule has 4 rings (SSSR count). The van der Waals surface area contributed by atoms with Gasteiger partial charge in [-0.15, -0.1) is 0 Å². The van der Waals surface area contributed by atoms with Gasteiger partial charge >= 0.3 is 0 Å². The Kier molecular flexibility index (Phi) is 5.56. The molecule has 1 aromatic heterocycles. The van der Waals surface area contributed by atoms with Gasteiger partial charge in [-0.25, -0.2) is 18.2 Å². The van der Waals surface area contributed by atoms with Crippen molar-refractivity contribution < 1.29 is 18.0 Å². The number of piperazine rings is 1. The number of nitrogens with zero attached hydrogens (tertiary/aromatic N) is 3. The van der Waals surface area contributed by atoms with Crippen LogP contribution in [0.3, 0.4) is 0 Å². The average molecular weight is 412 g/mol. The topological polar surface area (TPSA) is 48.5 Å². The predicted octanol–water partition coefficient (Wildman–Crippen LogP) is 4.08. The lowest BCUT2D eigenvalue weighted by atomic mass is 10.2. The van der Waals surface area contributed by atoms with Crippen LogP contribution in [0.4, 0.5) is 30.4 Å². The molecule has 8 heteroatoms. The number of carbonyl (C=O) groups is 1. The zero-order valence-corrected chi connectivity index (χ0v) is 16.0. The largest absolute Gasteiger partial charge is 0.368 e. The monoisotopic (exact) mass is 412 g/mol. The molecule has 5 nitrogen and oxygen atoms in total. The van der Waals surface area contributed by atoms with E-state index < -0.39 is 28.9 Å². The Morgan fingerprint density at radius 3 is 2.20 bits per heavy atom. The van der Waals surface area contributed by atoms with E-state index in [1.165, 1.54) is 11.9 Å². The van der Waals surface area contributed by atoms with Crippen molar-refractivity contribution in [1.82, 2.24) is 4.98 Å². The number of amides is 1. The summed E-state index contributed by atoms with van der Waals surface area (Å²) in [6.07, 6.45) is 1.45. The molecule has 1 aliphatic heterocycles. The van der Waals surface area contributed by atoms with Gasteiger partial charge < -0.3 is 15.1 Å². The molecule has 1 fully saturated rings. The summed E-state index contributed by atoms with van der Waals surface area (Å²) in [4.78, 5) is 21.0. The Hall–Kier alpha value is -3.55. The van der Waals surface area contributed by atoms with Crippen LogP contribution in [0.5, 0.6) is 0 Å². The maximum Gasteiger partial charge on any atom is 0.258 e. The van der Waals surface area contributed by atoms with E-state index in [9.17, 15) is 18.0 Å². The maximum atomic E-state index is 13.8. The molecule has 30 heavy (non-hydrogen) atoms. The first-order valence-corrected chi connectivity index (χ1v) is 9.49. The van der Waals surface area contributed by atoms with Crippen LogP contribution in [0, 0.1) is 17.5 Å². The first kappa shape index (κ1) is 19.8. The summed E-state index contributed by atoms with van der Waals surface area (Å²) in [6.45, 7) is 3.32. The Labute approximate surface area is 171 Å². The van der Waals surface area contributed by atoms with Gasteiger partial charge in [0.05, 0.1) is 17.4 Å². The number of benzene rings is 2. The number of pyridine rings is 1. The zero-order valence-electron chi connectivity index (χ0n) is 16.0. The number of carbonyl (C=O) groups excluding carboxylic acids is 1. The van der Waals surface area contributed by atoms with Gasteiger partial charge in [-0.3, -0.25) is 4.79 Å². The van der Waals surface area contributed by atoms with Crippen molar-refractivity contribution >= 4 is 23.1 Å². The first-order valence-electron chi connectivity index (χ1n) is 9.49. The molecule has 2 aromatic carbocycles. The van der Waals surface area contributed by atoms with Crippen LogP contribution in [-0.2, 0) is 0 Å². The molecule has 0 saturated carbocycles. The van der Waals surface area contributed by atoms with E-state index in [2.05, 4.69) is 32.2 Å². The van der Waals surface area contributed by atoms with Crippen LogP contribution in [0.15, 0.2) is 60.8 Å². The second-order valence-electron chi connectivity index (χ2n) is 6.89. The Morgan fingerprint density at radius 1 is 0.833 bits per heavy atom. The van der Waals surface area contributed by atoms with Crippen molar-refractivity contribution in [3.8, 4) is 0 Å².